The van der Waals surface area contributed by atoms with Crippen LogP contribution >= 0.6 is 0 Å². The molecule has 3 rings (SSSR count). The molecule has 1 aromatic carbocycles. The predicted octanol–water partition coefficient (Wildman–Crippen LogP) is 0.769. The third kappa shape index (κ3) is 2.72. The van der Waals surface area contributed by atoms with Crippen molar-refractivity contribution >= 4 is 5.91 Å². The third-order valence-corrected chi connectivity index (χ3v) is 4.47. The molecule has 4 heteroatoms. The van der Waals surface area contributed by atoms with Gasteiger partial charge in [-0.05, 0) is 43.5 Å². The van der Waals surface area contributed by atoms with E-state index in [1.54, 1.807) is 0 Å². The average molecular weight is 273 g/mol. The molecule has 0 aromatic heterocycles. The van der Waals surface area contributed by atoms with Crippen LogP contribution in [0.2, 0.25) is 0 Å². The minimum atomic E-state index is -0.0433. The fourth-order valence-corrected chi connectivity index (χ4v) is 3.34. The number of nitrogens with one attached hydrogen (secondary N) is 2. The molecule has 2 aliphatic rings. The molecule has 0 aliphatic carbocycles. The lowest BCUT2D eigenvalue weighted by molar-refractivity contribution is -0.132. The number of carbonyl (C=O) groups excluding carboxylic acids is 1. The molecule has 0 unspecified atom stereocenters. The summed E-state index contributed by atoms with van der Waals surface area (Å²) in [5.41, 5.74) is 2.64. The minimum absolute atomic E-state index is 0.0433. The fourth-order valence-electron chi connectivity index (χ4n) is 3.34. The molecular formula is C16H23N3O. The highest BCUT2D eigenvalue weighted by Crippen LogP contribution is 2.21. The summed E-state index contributed by atoms with van der Waals surface area (Å²) in [5.74, 6) is 0.887. The molecule has 1 fully saturated rings. The van der Waals surface area contributed by atoms with Gasteiger partial charge in [-0.3, -0.25) is 4.79 Å². The summed E-state index contributed by atoms with van der Waals surface area (Å²) < 4.78 is 0. The van der Waals surface area contributed by atoms with Gasteiger partial charge in [0.25, 0.3) is 0 Å². The number of amides is 1. The maximum atomic E-state index is 12.6. The number of rotatable bonds is 3. The largest absolute Gasteiger partial charge is 0.341 e. The minimum Gasteiger partial charge on any atom is -0.341 e. The van der Waals surface area contributed by atoms with Crippen LogP contribution in [0.15, 0.2) is 24.3 Å². The van der Waals surface area contributed by atoms with E-state index in [-0.39, 0.29) is 11.9 Å². The van der Waals surface area contributed by atoms with Crippen molar-refractivity contribution < 1.29 is 4.79 Å². The van der Waals surface area contributed by atoms with Crippen LogP contribution in [0.5, 0.6) is 0 Å². The van der Waals surface area contributed by atoms with Crippen molar-refractivity contribution in [3.63, 3.8) is 0 Å². The van der Waals surface area contributed by atoms with Crippen molar-refractivity contribution in [2.24, 2.45) is 5.92 Å². The maximum absolute atomic E-state index is 12.6. The normalized spacial score (nSPS) is 25.6. The molecule has 0 saturated carbocycles. The van der Waals surface area contributed by atoms with Crippen molar-refractivity contribution in [3.8, 4) is 0 Å². The van der Waals surface area contributed by atoms with Crippen LogP contribution in [0, 0.1) is 5.92 Å². The van der Waals surface area contributed by atoms with E-state index in [1.165, 1.54) is 11.1 Å². The Kier molecular flexibility index (Phi) is 4.03. The highest BCUT2D eigenvalue weighted by atomic mass is 16.2. The first-order valence-corrected chi connectivity index (χ1v) is 7.51. The van der Waals surface area contributed by atoms with E-state index >= 15 is 0 Å². The van der Waals surface area contributed by atoms with Crippen molar-refractivity contribution in [2.45, 2.75) is 25.4 Å². The zero-order valence-corrected chi connectivity index (χ0v) is 12.1. The lowest BCUT2D eigenvalue weighted by Crippen LogP contribution is -2.48. The Morgan fingerprint density at radius 3 is 3.00 bits per heavy atom. The highest BCUT2D eigenvalue weighted by molar-refractivity contribution is 5.82. The summed E-state index contributed by atoms with van der Waals surface area (Å²) in [6.07, 6.45) is 1.94. The van der Waals surface area contributed by atoms with E-state index in [0.29, 0.717) is 5.92 Å². The molecule has 2 atom stereocenters. The maximum Gasteiger partial charge on any atom is 0.240 e. The smallest absolute Gasteiger partial charge is 0.240 e. The molecule has 1 saturated heterocycles. The average Bonchev–Trinajstić information content (AvgIpc) is 2.95. The summed E-state index contributed by atoms with van der Waals surface area (Å²) in [5, 5.41) is 6.60. The van der Waals surface area contributed by atoms with Gasteiger partial charge in [-0.25, -0.2) is 0 Å². The first-order chi connectivity index (χ1) is 9.78. The van der Waals surface area contributed by atoms with E-state index in [4.69, 9.17) is 0 Å². The summed E-state index contributed by atoms with van der Waals surface area (Å²) in [7, 11) is 1.98. The lowest BCUT2D eigenvalue weighted by atomic mass is 9.95. The molecule has 2 N–H and O–H groups in total. The van der Waals surface area contributed by atoms with Gasteiger partial charge in [0.05, 0.1) is 6.04 Å². The van der Waals surface area contributed by atoms with Crippen LogP contribution in [0.25, 0.3) is 0 Å². The van der Waals surface area contributed by atoms with E-state index in [1.807, 2.05) is 11.9 Å². The van der Waals surface area contributed by atoms with Gasteiger partial charge in [0.1, 0.15) is 0 Å². The summed E-state index contributed by atoms with van der Waals surface area (Å²) in [6, 6.07) is 8.36. The fraction of sp³-hybridized carbons (Fsp3) is 0.562. The Morgan fingerprint density at radius 1 is 1.40 bits per heavy atom. The van der Waals surface area contributed by atoms with Gasteiger partial charge in [-0.1, -0.05) is 24.3 Å². The Labute approximate surface area is 120 Å². The first-order valence-electron chi connectivity index (χ1n) is 7.51. The van der Waals surface area contributed by atoms with E-state index in [0.717, 1.165) is 39.0 Å². The van der Waals surface area contributed by atoms with Crippen LogP contribution < -0.4 is 10.6 Å². The van der Waals surface area contributed by atoms with Crippen LogP contribution in [0.1, 0.15) is 17.5 Å². The van der Waals surface area contributed by atoms with Gasteiger partial charge in [0.15, 0.2) is 0 Å². The molecule has 0 spiro atoms. The Balaban J connectivity index is 1.62. The van der Waals surface area contributed by atoms with Crippen LogP contribution in [-0.4, -0.2) is 43.5 Å². The SMILES string of the molecule is CNC[C@H]1CCN(C(=O)[C@H]2Cc3ccccc3CN2)C1. The zero-order valence-electron chi connectivity index (χ0n) is 12.1. The number of fused-ring (bicyclic) bond motifs is 1. The number of benzene rings is 1. The summed E-state index contributed by atoms with van der Waals surface area (Å²) in [4.78, 5) is 14.6. The predicted molar refractivity (Wildman–Crippen MR) is 79.4 cm³/mol. The van der Waals surface area contributed by atoms with Gasteiger partial charge >= 0.3 is 0 Å². The van der Waals surface area contributed by atoms with E-state index in [9.17, 15) is 4.79 Å². The monoisotopic (exact) mass is 273 g/mol. The first kappa shape index (κ1) is 13.6. The molecule has 2 aliphatic heterocycles. The number of hydrogen-bond donors (Lipinski definition) is 2. The van der Waals surface area contributed by atoms with Gasteiger partial charge in [0, 0.05) is 19.6 Å². The quantitative estimate of drug-likeness (QED) is 0.855. The van der Waals surface area contributed by atoms with Gasteiger partial charge in [-0.2, -0.15) is 0 Å². The standard InChI is InChI=1S/C16H23N3O/c1-17-9-12-6-7-19(11-12)16(20)15-8-13-4-2-3-5-14(13)10-18-15/h2-5,12,15,17-18H,6-11H2,1H3/t12-,15-/m1/s1. The summed E-state index contributed by atoms with van der Waals surface area (Å²) in [6.45, 7) is 3.62. The number of likely N-dealkylation sites (tertiary alicyclic amines) is 1. The van der Waals surface area contributed by atoms with Crippen LogP contribution in [0.4, 0.5) is 0 Å². The van der Waals surface area contributed by atoms with Crippen LogP contribution in [0.3, 0.4) is 0 Å². The van der Waals surface area contributed by atoms with Crippen molar-refractivity contribution in [1.29, 1.82) is 0 Å². The van der Waals surface area contributed by atoms with Gasteiger partial charge in [0.2, 0.25) is 5.91 Å². The topological polar surface area (TPSA) is 44.4 Å². The molecule has 0 radical (unpaired) electrons. The Morgan fingerprint density at radius 2 is 2.20 bits per heavy atom. The second-order valence-electron chi connectivity index (χ2n) is 5.90. The van der Waals surface area contributed by atoms with Gasteiger partial charge in [-0.15, -0.1) is 0 Å². The van der Waals surface area contributed by atoms with E-state index in [2.05, 4.69) is 34.9 Å². The highest BCUT2D eigenvalue weighted by Gasteiger charge is 2.32. The van der Waals surface area contributed by atoms with Gasteiger partial charge < -0.3 is 15.5 Å². The second-order valence-corrected chi connectivity index (χ2v) is 5.90. The molecule has 20 heavy (non-hydrogen) atoms. The van der Waals surface area contributed by atoms with Crippen LogP contribution in [-0.2, 0) is 17.8 Å². The molecule has 0 bridgehead atoms. The molecule has 1 aromatic rings. The molecule has 1 amide bonds. The number of hydrogen-bond acceptors (Lipinski definition) is 3. The molecule has 4 nitrogen and oxygen atoms in total. The Bertz CT molecular complexity index is 488. The number of nitrogens with zero attached hydrogens (tertiary/aromatic N) is 1. The zero-order chi connectivity index (χ0) is 13.9. The molecule has 2 heterocycles. The second kappa shape index (κ2) is 5.94. The number of carbonyl (C=O) groups is 1. The van der Waals surface area contributed by atoms with Crippen molar-refractivity contribution in [2.75, 3.05) is 26.7 Å². The summed E-state index contributed by atoms with van der Waals surface area (Å²) >= 11 is 0. The lowest BCUT2D eigenvalue weighted by Gasteiger charge is -2.29. The molecular weight excluding hydrogens is 250 g/mol. The molecule has 108 valence electrons. The van der Waals surface area contributed by atoms with E-state index < -0.39 is 0 Å². The van der Waals surface area contributed by atoms with Crippen molar-refractivity contribution in [3.05, 3.63) is 35.4 Å². The Hall–Kier alpha value is -1.39. The van der Waals surface area contributed by atoms with Crippen molar-refractivity contribution in [1.82, 2.24) is 15.5 Å². The third-order valence-electron chi connectivity index (χ3n) is 4.47.